The standard InChI is InChI=1S/C28H26FN5O4/c1-3-37-27(35)14-18(2)34(22-10-6-20(29)7-11-22)28(36)38-23-12-13-24-25(15-23)33-26(32-24)17-31-21-8-4-19(16-30)5-9-21/h4-13,15,18,31H,3,14,17H2,1-2H3,(H,32,33). The zero-order chi connectivity index (χ0) is 27.1. The monoisotopic (exact) mass is 515 g/mol. The Bertz CT molecular complexity index is 1460. The van der Waals surface area contributed by atoms with Gasteiger partial charge in [0.1, 0.15) is 17.4 Å². The highest BCUT2D eigenvalue weighted by molar-refractivity contribution is 5.91. The number of halogens is 1. The van der Waals surface area contributed by atoms with Crippen molar-refractivity contribution in [1.29, 1.82) is 5.26 Å². The zero-order valence-electron chi connectivity index (χ0n) is 20.9. The number of hydrogen-bond acceptors (Lipinski definition) is 7. The topological polar surface area (TPSA) is 120 Å². The molecule has 10 heteroatoms. The van der Waals surface area contributed by atoms with E-state index in [0.717, 1.165) is 5.69 Å². The lowest BCUT2D eigenvalue weighted by atomic mass is 10.2. The first-order valence-corrected chi connectivity index (χ1v) is 12.0. The predicted octanol–water partition coefficient (Wildman–Crippen LogP) is 5.53. The molecule has 3 aromatic carbocycles. The maximum atomic E-state index is 13.5. The van der Waals surface area contributed by atoms with Gasteiger partial charge in [-0.2, -0.15) is 5.26 Å². The van der Waals surface area contributed by atoms with Gasteiger partial charge in [0.05, 0.1) is 42.2 Å². The van der Waals surface area contributed by atoms with E-state index in [1.54, 1.807) is 44.2 Å². The molecule has 0 radical (unpaired) electrons. The predicted molar refractivity (Wildman–Crippen MR) is 140 cm³/mol. The normalized spacial score (nSPS) is 11.4. The van der Waals surface area contributed by atoms with Gasteiger partial charge in [0, 0.05) is 23.5 Å². The third kappa shape index (κ3) is 6.44. The minimum Gasteiger partial charge on any atom is -0.466 e. The largest absolute Gasteiger partial charge is 0.466 e. The maximum absolute atomic E-state index is 13.5. The number of amides is 1. The molecule has 0 bridgehead atoms. The number of ether oxygens (including phenoxy) is 2. The molecular weight excluding hydrogens is 489 g/mol. The van der Waals surface area contributed by atoms with Crippen molar-refractivity contribution in [3.8, 4) is 11.8 Å². The number of H-pyrrole nitrogens is 1. The molecule has 4 aromatic rings. The summed E-state index contributed by atoms with van der Waals surface area (Å²) in [5.41, 5.74) is 3.16. The van der Waals surface area contributed by atoms with E-state index in [9.17, 15) is 14.0 Å². The smallest absolute Gasteiger partial charge is 0.420 e. The van der Waals surface area contributed by atoms with E-state index in [2.05, 4.69) is 21.4 Å². The zero-order valence-corrected chi connectivity index (χ0v) is 20.9. The molecule has 0 aliphatic carbocycles. The van der Waals surface area contributed by atoms with Crippen LogP contribution in [0.4, 0.5) is 20.6 Å². The minimum atomic E-state index is -0.727. The van der Waals surface area contributed by atoms with Crippen LogP contribution in [0.3, 0.4) is 0 Å². The molecule has 4 rings (SSSR count). The number of nitriles is 1. The number of fused-ring (bicyclic) bond motifs is 1. The van der Waals surface area contributed by atoms with Crippen molar-refractivity contribution in [2.45, 2.75) is 32.9 Å². The summed E-state index contributed by atoms with van der Waals surface area (Å²) in [5, 5.41) is 12.2. The highest BCUT2D eigenvalue weighted by Gasteiger charge is 2.27. The quantitative estimate of drug-likeness (QED) is 0.281. The third-order valence-corrected chi connectivity index (χ3v) is 5.69. The van der Waals surface area contributed by atoms with Crippen molar-refractivity contribution >= 4 is 34.5 Å². The number of anilines is 2. The molecule has 0 saturated carbocycles. The van der Waals surface area contributed by atoms with Gasteiger partial charge in [-0.05, 0) is 74.5 Å². The summed E-state index contributed by atoms with van der Waals surface area (Å²) < 4.78 is 24.2. The lowest BCUT2D eigenvalue weighted by Crippen LogP contribution is -2.42. The molecule has 194 valence electrons. The van der Waals surface area contributed by atoms with Crippen LogP contribution in [0.1, 0.15) is 31.7 Å². The van der Waals surface area contributed by atoms with Crippen molar-refractivity contribution in [1.82, 2.24) is 9.97 Å². The van der Waals surface area contributed by atoms with Crippen LogP contribution in [0.25, 0.3) is 11.0 Å². The molecule has 1 atom stereocenters. The van der Waals surface area contributed by atoms with Crippen LogP contribution in [0.15, 0.2) is 66.7 Å². The average molecular weight is 516 g/mol. The van der Waals surface area contributed by atoms with Crippen LogP contribution in [0.2, 0.25) is 0 Å². The summed E-state index contributed by atoms with van der Waals surface area (Å²) in [6.45, 7) is 4.03. The number of nitrogens with one attached hydrogen (secondary N) is 2. The number of benzene rings is 3. The fraction of sp³-hybridized carbons (Fsp3) is 0.214. The van der Waals surface area contributed by atoms with E-state index in [4.69, 9.17) is 14.7 Å². The number of hydrogen-bond donors (Lipinski definition) is 2. The summed E-state index contributed by atoms with van der Waals surface area (Å²) in [6.07, 6.45) is -0.787. The van der Waals surface area contributed by atoms with Gasteiger partial charge in [-0.3, -0.25) is 9.69 Å². The second kappa shape index (κ2) is 11.9. The Balaban J connectivity index is 1.48. The van der Waals surface area contributed by atoms with E-state index in [1.807, 2.05) is 12.1 Å². The van der Waals surface area contributed by atoms with Gasteiger partial charge >= 0.3 is 12.1 Å². The molecule has 1 aromatic heterocycles. The lowest BCUT2D eigenvalue weighted by molar-refractivity contribution is -0.143. The number of imidazole rings is 1. The number of carbonyl (C=O) groups excluding carboxylic acids is 2. The summed E-state index contributed by atoms with van der Waals surface area (Å²) in [6, 6.07) is 18.9. The Morgan fingerprint density at radius 1 is 1.13 bits per heavy atom. The van der Waals surface area contributed by atoms with Crippen molar-refractivity contribution in [3.63, 3.8) is 0 Å². The van der Waals surface area contributed by atoms with Gasteiger partial charge in [0.2, 0.25) is 0 Å². The Morgan fingerprint density at radius 3 is 2.55 bits per heavy atom. The summed E-state index contributed by atoms with van der Waals surface area (Å²) in [5.74, 6) is 0.0345. The first-order valence-electron chi connectivity index (χ1n) is 12.0. The van der Waals surface area contributed by atoms with Gasteiger partial charge in [-0.1, -0.05) is 0 Å². The fourth-order valence-corrected chi connectivity index (χ4v) is 3.88. The number of aromatic amines is 1. The Morgan fingerprint density at radius 2 is 1.87 bits per heavy atom. The highest BCUT2D eigenvalue weighted by Crippen LogP contribution is 2.24. The van der Waals surface area contributed by atoms with Crippen LogP contribution in [-0.4, -0.2) is 34.7 Å². The number of aromatic nitrogens is 2. The van der Waals surface area contributed by atoms with Crippen molar-refractivity contribution in [2.75, 3.05) is 16.8 Å². The second-order valence-electron chi connectivity index (χ2n) is 8.48. The number of carbonyl (C=O) groups is 2. The molecule has 0 saturated heterocycles. The van der Waals surface area contributed by atoms with Crippen LogP contribution < -0.4 is 15.0 Å². The first-order chi connectivity index (χ1) is 18.4. The average Bonchev–Trinajstić information content (AvgIpc) is 3.31. The molecule has 38 heavy (non-hydrogen) atoms. The molecule has 1 unspecified atom stereocenters. The summed E-state index contributed by atoms with van der Waals surface area (Å²) in [7, 11) is 0. The van der Waals surface area contributed by atoms with Gasteiger partial charge in [-0.25, -0.2) is 14.2 Å². The van der Waals surface area contributed by atoms with Gasteiger partial charge in [0.25, 0.3) is 0 Å². The maximum Gasteiger partial charge on any atom is 0.420 e. The third-order valence-electron chi connectivity index (χ3n) is 5.69. The molecule has 0 aliphatic rings. The van der Waals surface area contributed by atoms with E-state index in [1.165, 1.54) is 29.2 Å². The van der Waals surface area contributed by atoms with Crippen molar-refractivity contribution in [2.24, 2.45) is 0 Å². The Kier molecular flexibility index (Phi) is 8.18. The molecule has 9 nitrogen and oxygen atoms in total. The molecule has 0 fully saturated rings. The van der Waals surface area contributed by atoms with Crippen LogP contribution >= 0.6 is 0 Å². The van der Waals surface area contributed by atoms with Crippen molar-refractivity contribution in [3.05, 3.63) is 83.9 Å². The van der Waals surface area contributed by atoms with Crippen LogP contribution in [-0.2, 0) is 16.1 Å². The van der Waals surface area contributed by atoms with Crippen LogP contribution in [0.5, 0.6) is 5.75 Å². The van der Waals surface area contributed by atoms with Gasteiger partial charge < -0.3 is 19.8 Å². The molecule has 0 spiro atoms. The lowest BCUT2D eigenvalue weighted by Gasteiger charge is -2.28. The van der Waals surface area contributed by atoms with Crippen molar-refractivity contribution < 1.29 is 23.5 Å². The molecule has 1 amide bonds. The van der Waals surface area contributed by atoms with E-state index >= 15 is 0 Å². The fourth-order valence-electron chi connectivity index (χ4n) is 3.88. The van der Waals surface area contributed by atoms with E-state index in [0.29, 0.717) is 34.7 Å². The van der Waals surface area contributed by atoms with E-state index in [-0.39, 0.29) is 18.8 Å². The number of esters is 1. The van der Waals surface area contributed by atoms with Gasteiger partial charge in [-0.15, -0.1) is 0 Å². The summed E-state index contributed by atoms with van der Waals surface area (Å²) >= 11 is 0. The second-order valence-corrected chi connectivity index (χ2v) is 8.48. The van der Waals surface area contributed by atoms with Gasteiger partial charge in [0.15, 0.2) is 0 Å². The Labute approximate surface area is 218 Å². The highest BCUT2D eigenvalue weighted by atomic mass is 19.1. The minimum absolute atomic E-state index is 0.0600. The molecular formula is C28H26FN5O4. The molecule has 1 heterocycles. The molecule has 0 aliphatic heterocycles. The van der Waals surface area contributed by atoms with E-state index < -0.39 is 23.9 Å². The molecule has 2 N–H and O–H groups in total. The van der Waals surface area contributed by atoms with Crippen LogP contribution in [0, 0.1) is 17.1 Å². The Hall–Kier alpha value is -4.91. The SMILES string of the molecule is CCOC(=O)CC(C)N(C(=O)Oc1ccc2nc(CNc3ccc(C#N)cc3)[nH]c2c1)c1ccc(F)cc1. The number of rotatable bonds is 9. The first kappa shape index (κ1) is 26.2. The summed E-state index contributed by atoms with van der Waals surface area (Å²) in [4.78, 5) is 34.3. The number of nitrogens with zero attached hydrogens (tertiary/aromatic N) is 3.